The summed E-state index contributed by atoms with van der Waals surface area (Å²) in [6, 6.07) is 13.6. The molecule has 0 saturated heterocycles. The number of benzene rings is 2. The highest BCUT2D eigenvalue weighted by Gasteiger charge is 2.32. The van der Waals surface area contributed by atoms with Crippen LogP contribution in [0.5, 0.6) is 11.5 Å². The molecule has 7 heteroatoms. The third-order valence-electron chi connectivity index (χ3n) is 4.28. The lowest BCUT2D eigenvalue weighted by molar-refractivity contribution is -0.113. The van der Waals surface area contributed by atoms with Gasteiger partial charge in [0.1, 0.15) is 0 Å². The molecule has 7 nitrogen and oxygen atoms in total. The lowest BCUT2D eigenvalue weighted by Gasteiger charge is -2.28. The maximum atomic E-state index is 12.9. The van der Waals surface area contributed by atoms with Crippen LogP contribution in [-0.2, 0) is 4.79 Å². The first kappa shape index (κ1) is 16.0. The summed E-state index contributed by atoms with van der Waals surface area (Å²) in [5.74, 6) is 0.949. The van der Waals surface area contributed by atoms with Crippen LogP contribution in [0.25, 0.3) is 0 Å². The molecule has 0 spiro atoms. The van der Waals surface area contributed by atoms with Crippen LogP contribution in [0.3, 0.4) is 0 Å². The number of fused-ring (bicyclic) bond motifs is 1. The van der Waals surface area contributed by atoms with Gasteiger partial charge in [-0.2, -0.15) is 0 Å². The minimum absolute atomic E-state index is 0.160. The molecule has 0 unspecified atom stereocenters. The van der Waals surface area contributed by atoms with Crippen molar-refractivity contribution < 1.29 is 19.1 Å². The van der Waals surface area contributed by atoms with Crippen LogP contribution in [0.2, 0.25) is 0 Å². The average Bonchev–Trinajstić information content (AvgIpc) is 3.09. The molecule has 0 aromatic heterocycles. The van der Waals surface area contributed by atoms with E-state index in [1.807, 2.05) is 24.3 Å². The Morgan fingerprint density at radius 1 is 1.12 bits per heavy atom. The maximum absolute atomic E-state index is 12.9. The van der Waals surface area contributed by atoms with Gasteiger partial charge in [-0.15, -0.1) is 0 Å². The first-order valence-electron chi connectivity index (χ1n) is 8.16. The number of amides is 3. The standard InChI is InChI=1S/C19H17N3O4/c1-11-16(18(23)21-13-5-3-2-4-6-13)17(22-19(24)20-11)12-7-8-14-15(9-12)26-10-25-14/h2-9,17H,10H2,1H3,(H,21,23)(H2,20,22,24)/t17-/m0/s1. The molecule has 2 aromatic rings. The first-order chi connectivity index (χ1) is 12.6. The molecule has 26 heavy (non-hydrogen) atoms. The number of anilines is 1. The predicted octanol–water partition coefficient (Wildman–Crippen LogP) is 2.68. The van der Waals surface area contributed by atoms with E-state index in [4.69, 9.17) is 9.47 Å². The zero-order valence-corrected chi connectivity index (χ0v) is 14.0. The van der Waals surface area contributed by atoms with Gasteiger partial charge in [-0.1, -0.05) is 24.3 Å². The van der Waals surface area contributed by atoms with Crippen molar-refractivity contribution in [1.29, 1.82) is 0 Å². The number of rotatable bonds is 3. The van der Waals surface area contributed by atoms with Crippen molar-refractivity contribution in [2.75, 3.05) is 12.1 Å². The van der Waals surface area contributed by atoms with Crippen LogP contribution in [-0.4, -0.2) is 18.7 Å². The van der Waals surface area contributed by atoms with Crippen molar-refractivity contribution in [3.63, 3.8) is 0 Å². The largest absolute Gasteiger partial charge is 0.454 e. The van der Waals surface area contributed by atoms with Gasteiger partial charge in [0, 0.05) is 11.4 Å². The second-order valence-corrected chi connectivity index (χ2v) is 6.00. The topological polar surface area (TPSA) is 88.7 Å². The van der Waals surface area contributed by atoms with E-state index in [0.29, 0.717) is 28.5 Å². The number of urea groups is 1. The first-order valence-corrected chi connectivity index (χ1v) is 8.16. The van der Waals surface area contributed by atoms with Gasteiger partial charge in [0.05, 0.1) is 11.6 Å². The molecule has 0 saturated carbocycles. The second kappa shape index (κ2) is 6.44. The Morgan fingerprint density at radius 3 is 2.69 bits per heavy atom. The van der Waals surface area contributed by atoms with E-state index in [-0.39, 0.29) is 18.7 Å². The average molecular weight is 351 g/mol. The monoisotopic (exact) mass is 351 g/mol. The fraction of sp³-hybridized carbons (Fsp3) is 0.158. The minimum atomic E-state index is -0.595. The van der Waals surface area contributed by atoms with Crippen molar-refractivity contribution in [2.45, 2.75) is 13.0 Å². The van der Waals surface area contributed by atoms with E-state index in [2.05, 4.69) is 16.0 Å². The van der Waals surface area contributed by atoms with Crippen molar-refractivity contribution in [3.05, 3.63) is 65.4 Å². The number of ether oxygens (including phenoxy) is 2. The van der Waals surface area contributed by atoms with E-state index >= 15 is 0 Å². The van der Waals surface area contributed by atoms with Crippen LogP contribution < -0.4 is 25.4 Å². The molecule has 2 aromatic carbocycles. The lowest BCUT2D eigenvalue weighted by atomic mass is 9.94. The summed E-state index contributed by atoms with van der Waals surface area (Å²) < 4.78 is 10.7. The van der Waals surface area contributed by atoms with Crippen molar-refractivity contribution in [2.24, 2.45) is 0 Å². The van der Waals surface area contributed by atoms with Gasteiger partial charge in [-0.3, -0.25) is 4.79 Å². The molecule has 3 amide bonds. The molecule has 0 bridgehead atoms. The van der Waals surface area contributed by atoms with Gasteiger partial charge in [0.15, 0.2) is 11.5 Å². The molecular formula is C19H17N3O4. The van der Waals surface area contributed by atoms with Crippen LogP contribution in [0.1, 0.15) is 18.5 Å². The smallest absolute Gasteiger partial charge is 0.319 e. The Morgan fingerprint density at radius 2 is 1.88 bits per heavy atom. The van der Waals surface area contributed by atoms with Gasteiger partial charge in [0.2, 0.25) is 6.79 Å². The van der Waals surface area contributed by atoms with Gasteiger partial charge >= 0.3 is 6.03 Å². The maximum Gasteiger partial charge on any atom is 0.319 e. The number of hydrogen-bond acceptors (Lipinski definition) is 4. The molecule has 0 radical (unpaired) electrons. The Balaban J connectivity index is 1.68. The quantitative estimate of drug-likeness (QED) is 0.793. The minimum Gasteiger partial charge on any atom is -0.454 e. The summed E-state index contributed by atoms with van der Waals surface area (Å²) in [4.78, 5) is 24.9. The Kier molecular flexibility index (Phi) is 3.96. The number of carbonyl (C=O) groups is 2. The van der Waals surface area contributed by atoms with Crippen LogP contribution in [0.4, 0.5) is 10.5 Å². The van der Waals surface area contributed by atoms with E-state index in [0.717, 1.165) is 5.56 Å². The summed E-state index contributed by atoms with van der Waals surface area (Å²) in [5.41, 5.74) is 2.36. The van der Waals surface area contributed by atoms with Crippen molar-refractivity contribution >= 4 is 17.6 Å². The fourth-order valence-corrected chi connectivity index (χ4v) is 3.06. The summed E-state index contributed by atoms with van der Waals surface area (Å²) in [7, 11) is 0. The van der Waals surface area contributed by atoms with Crippen LogP contribution in [0.15, 0.2) is 59.8 Å². The summed E-state index contributed by atoms with van der Waals surface area (Å²) in [5, 5.41) is 8.33. The summed E-state index contributed by atoms with van der Waals surface area (Å²) in [6.45, 7) is 1.87. The molecule has 2 aliphatic heterocycles. The van der Waals surface area contributed by atoms with E-state index in [1.54, 1.807) is 31.2 Å². The molecule has 3 N–H and O–H groups in total. The van der Waals surface area contributed by atoms with Crippen LogP contribution in [0, 0.1) is 0 Å². The Labute approximate surface area is 150 Å². The Bertz CT molecular complexity index is 908. The number of carbonyl (C=O) groups excluding carboxylic acids is 2. The third-order valence-corrected chi connectivity index (χ3v) is 4.28. The molecule has 132 valence electrons. The molecule has 1 atom stereocenters. The van der Waals surface area contributed by atoms with Gasteiger partial charge in [0.25, 0.3) is 5.91 Å². The van der Waals surface area contributed by atoms with E-state index in [9.17, 15) is 9.59 Å². The molecular weight excluding hydrogens is 334 g/mol. The third kappa shape index (κ3) is 2.95. The highest BCUT2D eigenvalue weighted by atomic mass is 16.7. The molecule has 4 rings (SSSR count). The number of nitrogens with one attached hydrogen (secondary N) is 3. The molecule has 2 aliphatic rings. The van der Waals surface area contributed by atoms with Gasteiger partial charge < -0.3 is 25.4 Å². The van der Waals surface area contributed by atoms with Gasteiger partial charge in [-0.25, -0.2) is 4.79 Å². The lowest BCUT2D eigenvalue weighted by Crippen LogP contribution is -2.45. The number of allylic oxidation sites excluding steroid dienone is 1. The number of para-hydroxylation sites is 1. The predicted molar refractivity (Wildman–Crippen MR) is 94.7 cm³/mol. The highest BCUT2D eigenvalue weighted by Crippen LogP contribution is 2.37. The highest BCUT2D eigenvalue weighted by molar-refractivity contribution is 6.06. The second-order valence-electron chi connectivity index (χ2n) is 6.00. The zero-order chi connectivity index (χ0) is 18.1. The molecule has 0 fully saturated rings. The van der Waals surface area contributed by atoms with E-state index in [1.165, 1.54) is 0 Å². The fourth-order valence-electron chi connectivity index (χ4n) is 3.06. The molecule has 0 aliphatic carbocycles. The summed E-state index contributed by atoms with van der Waals surface area (Å²) >= 11 is 0. The normalized spacial score (nSPS) is 18.2. The van der Waals surface area contributed by atoms with Crippen molar-refractivity contribution in [3.8, 4) is 11.5 Å². The van der Waals surface area contributed by atoms with Crippen LogP contribution >= 0.6 is 0 Å². The molecule has 2 heterocycles. The SMILES string of the molecule is CC1=C(C(=O)Nc2ccccc2)[C@H](c2ccc3c(c2)OCO3)NC(=O)N1. The Hall–Kier alpha value is -3.48. The summed E-state index contributed by atoms with van der Waals surface area (Å²) in [6.07, 6.45) is 0. The van der Waals surface area contributed by atoms with E-state index < -0.39 is 6.04 Å². The number of hydrogen-bond donors (Lipinski definition) is 3. The van der Waals surface area contributed by atoms with Gasteiger partial charge in [-0.05, 0) is 36.8 Å². The van der Waals surface area contributed by atoms with Crippen molar-refractivity contribution in [1.82, 2.24) is 10.6 Å². The zero-order valence-electron chi connectivity index (χ0n) is 14.0.